The Bertz CT molecular complexity index is 293. The van der Waals surface area contributed by atoms with Crippen molar-refractivity contribution < 1.29 is 19.4 Å². The molecule has 0 spiro atoms. The minimum Gasteiger partial charge on any atom is -0.481 e. The minimum absolute atomic E-state index is 0.114. The second-order valence-electron chi connectivity index (χ2n) is 3.97. The summed E-state index contributed by atoms with van der Waals surface area (Å²) in [6.45, 7) is 1.92. The molecule has 1 aliphatic carbocycles. The average molecular weight is 212 g/mol. The first-order valence-electron chi connectivity index (χ1n) is 5.06. The van der Waals surface area contributed by atoms with Crippen molar-refractivity contribution in [2.45, 2.75) is 26.2 Å². The van der Waals surface area contributed by atoms with Gasteiger partial charge in [0.1, 0.15) is 0 Å². The summed E-state index contributed by atoms with van der Waals surface area (Å²) < 4.78 is 4.63. The van der Waals surface area contributed by atoms with Crippen LogP contribution < -0.4 is 0 Å². The van der Waals surface area contributed by atoms with Crippen LogP contribution in [0.15, 0.2) is 11.6 Å². The number of hydrogen-bond donors (Lipinski definition) is 1. The molecular weight excluding hydrogens is 196 g/mol. The molecule has 0 amide bonds. The zero-order chi connectivity index (χ0) is 11.4. The summed E-state index contributed by atoms with van der Waals surface area (Å²) in [5.41, 5.74) is 0.605. The molecule has 0 saturated carbocycles. The molecule has 0 radical (unpaired) electrons. The topological polar surface area (TPSA) is 63.6 Å². The molecule has 0 aliphatic heterocycles. The lowest BCUT2D eigenvalue weighted by Gasteiger charge is -2.10. The highest BCUT2D eigenvalue weighted by atomic mass is 16.5. The SMILES string of the molecule is COC(=O)C1=CC(C)CC(C(=O)O)CC1. The summed E-state index contributed by atoms with van der Waals surface area (Å²) >= 11 is 0. The first-order valence-corrected chi connectivity index (χ1v) is 5.06. The molecule has 0 heterocycles. The molecule has 15 heavy (non-hydrogen) atoms. The number of methoxy groups -OCH3 is 1. The molecule has 4 heteroatoms. The molecule has 84 valence electrons. The molecule has 0 aromatic heterocycles. The van der Waals surface area contributed by atoms with Crippen molar-refractivity contribution in [1.82, 2.24) is 0 Å². The number of rotatable bonds is 2. The average Bonchev–Trinajstić information content (AvgIpc) is 2.38. The van der Waals surface area contributed by atoms with Gasteiger partial charge in [0.15, 0.2) is 0 Å². The zero-order valence-electron chi connectivity index (χ0n) is 9.03. The third-order valence-corrected chi connectivity index (χ3v) is 2.70. The number of allylic oxidation sites excluding steroid dienone is 1. The Morgan fingerprint density at radius 2 is 2.20 bits per heavy atom. The lowest BCUT2D eigenvalue weighted by molar-refractivity contribution is -0.142. The van der Waals surface area contributed by atoms with Gasteiger partial charge in [0, 0.05) is 5.57 Å². The number of carboxylic acid groups (broad SMARTS) is 1. The van der Waals surface area contributed by atoms with Crippen molar-refractivity contribution in [3.8, 4) is 0 Å². The zero-order valence-corrected chi connectivity index (χ0v) is 9.03. The summed E-state index contributed by atoms with van der Waals surface area (Å²) in [5, 5.41) is 8.92. The smallest absolute Gasteiger partial charge is 0.333 e. The quantitative estimate of drug-likeness (QED) is 0.706. The van der Waals surface area contributed by atoms with Gasteiger partial charge >= 0.3 is 11.9 Å². The summed E-state index contributed by atoms with van der Waals surface area (Å²) in [5.74, 6) is -1.35. The van der Waals surface area contributed by atoms with Gasteiger partial charge in [0.05, 0.1) is 13.0 Å². The number of carboxylic acids is 1. The lowest BCUT2D eigenvalue weighted by Crippen LogP contribution is -2.14. The molecule has 1 rings (SSSR count). The van der Waals surface area contributed by atoms with Crippen LogP contribution in [0.25, 0.3) is 0 Å². The van der Waals surface area contributed by atoms with Crippen LogP contribution in [0.3, 0.4) is 0 Å². The second kappa shape index (κ2) is 4.96. The van der Waals surface area contributed by atoms with Crippen LogP contribution in [-0.2, 0) is 14.3 Å². The monoisotopic (exact) mass is 212 g/mol. The minimum atomic E-state index is -0.777. The normalized spacial score (nSPS) is 26.4. The van der Waals surface area contributed by atoms with E-state index in [0.717, 1.165) is 0 Å². The van der Waals surface area contributed by atoms with E-state index in [-0.39, 0.29) is 17.8 Å². The van der Waals surface area contributed by atoms with E-state index in [1.54, 1.807) is 0 Å². The van der Waals surface area contributed by atoms with Crippen molar-refractivity contribution in [1.29, 1.82) is 0 Å². The summed E-state index contributed by atoms with van der Waals surface area (Å²) in [7, 11) is 1.34. The Morgan fingerprint density at radius 3 is 2.73 bits per heavy atom. The van der Waals surface area contributed by atoms with E-state index in [4.69, 9.17) is 5.11 Å². The summed E-state index contributed by atoms with van der Waals surface area (Å²) in [6.07, 6.45) is 3.43. The molecule has 1 aliphatic rings. The van der Waals surface area contributed by atoms with Crippen molar-refractivity contribution in [3.63, 3.8) is 0 Å². The predicted molar refractivity (Wildman–Crippen MR) is 54.2 cm³/mol. The van der Waals surface area contributed by atoms with E-state index < -0.39 is 5.97 Å². The lowest BCUT2D eigenvalue weighted by atomic mass is 9.95. The van der Waals surface area contributed by atoms with Gasteiger partial charge in [-0.25, -0.2) is 4.79 Å². The Balaban J connectivity index is 2.73. The molecule has 0 aromatic rings. The Labute approximate surface area is 88.9 Å². The largest absolute Gasteiger partial charge is 0.481 e. The number of hydrogen-bond acceptors (Lipinski definition) is 3. The van der Waals surface area contributed by atoms with Crippen LogP contribution in [0, 0.1) is 11.8 Å². The van der Waals surface area contributed by atoms with E-state index in [1.165, 1.54) is 7.11 Å². The Hall–Kier alpha value is -1.32. The fourth-order valence-electron chi connectivity index (χ4n) is 1.92. The van der Waals surface area contributed by atoms with Gasteiger partial charge in [-0.1, -0.05) is 13.0 Å². The van der Waals surface area contributed by atoms with Crippen LogP contribution in [0.4, 0.5) is 0 Å². The fourth-order valence-corrected chi connectivity index (χ4v) is 1.92. The summed E-state index contributed by atoms with van der Waals surface area (Å²) in [4.78, 5) is 22.2. The first-order chi connectivity index (χ1) is 7.04. The van der Waals surface area contributed by atoms with Gasteiger partial charge in [-0.2, -0.15) is 0 Å². The molecule has 1 N–H and O–H groups in total. The number of carbonyl (C=O) groups excluding carboxylic acids is 1. The highest BCUT2D eigenvalue weighted by Gasteiger charge is 2.25. The molecule has 2 unspecified atom stereocenters. The van der Waals surface area contributed by atoms with Crippen molar-refractivity contribution in [2.75, 3.05) is 7.11 Å². The fraction of sp³-hybridized carbons (Fsp3) is 0.636. The summed E-state index contributed by atoms with van der Waals surface area (Å²) in [6, 6.07) is 0. The van der Waals surface area contributed by atoms with E-state index in [1.807, 2.05) is 13.0 Å². The molecule has 4 nitrogen and oxygen atoms in total. The number of esters is 1. The number of carbonyl (C=O) groups is 2. The van der Waals surface area contributed by atoms with E-state index in [2.05, 4.69) is 4.74 Å². The maximum Gasteiger partial charge on any atom is 0.333 e. The first kappa shape index (κ1) is 11.8. The van der Waals surface area contributed by atoms with Crippen LogP contribution >= 0.6 is 0 Å². The van der Waals surface area contributed by atoms with Crippen molar-refractivity contribution in [3.05, 3.63) is 11.6 Å². The number of aliphatic carboxylic acids is 1. The molecular formula is C11H16O4. The number of ether oxygens (including phenoxy) is 1. The second-order valence-corrected chi connectivity index (χ2v) is 3.97. The van der Waals surface area contributed by atoms with Crippen LogP contribution in [0.2, 0.25) is 0 Å². The molecule has 2 atom stereocenters. The van der Waals surface area contributed by atoms with Gasteiger partial charge in [0.25, 0.3) is 0 Å². The Kier molecular flexibility index (Phi) is 3.88. The van der Waals surface area contributed by atoms with Crippen LogP contribution in [0.1, 0.15) is 26.2 Å². The highest BCUT2D eigenvalue weighted by Crippen LogP contribution is 2.27. The molecule has 0 bridgehead atoms. The maximum absolute atomic E-state index is 11.3. The van der Waals surface area contributed by atoms with Gasteiger partial charge in [-0.3, -0.25) is 4.79 Å². The molecule has 0 fully saturated rings. The third-order valence-electron chi connectivity index (χ3n) is 2.70. The van der Waals surface area contributed by atoms with Crippen LogP contribution in [0.5, 0.6) is 0 Å². The van der Waals surface area contributed by atoms with Crippen LogP contribution in [-0.4, -0.2) is 24.2 Å². The predicted octanol–water partition coefficient (Wildman–Crippen LogP) is 1.61. The van der Waals surface area contributed by atoms with Crippen molar-refractivity contribution >= 4 is 11.9 Å². The van der Waals surface area contributed by atoms with Crippen molar-refractivity contribution in [2.24, 2.45) is 11.8 Å². The highest BCUT2D eigenvalue weighted by molar-refractivity contribution is 5.88. The van der Waals surface area contributed by atoms with Gasteiger partial charge in [0.2, 0.25) is 0 Å². The van der Waals surface area contributed by atoms with Gasteiger partial charge < -0.3 is 9.84 Å². The third kappa shape index (κ3) is 3.08. The van der Waals surface area contributed by atoms with E-state index in [0.29, 0.717) is 24.8 Å². The standard InChI is InChI=1S/C11H16O4/c1-7-5-8(10(12)13)3-4-9(6-7)11(14)15-2/h6-8H,3-5H2,1-2H3,(H,12,13). The molecule has 0 aromatic carbocycles. The van der Waals surface area contributed by atoms with E-state index in [9.17, 15) is 9.59 Å². The Morgan fingerprint density at radius 1 is 1.53 bits per heavy atom. The molecule has 0 saturated heterocycles. The van der Waals surface area contributed by atoms with E-state index >= 15 is 0 Å². The van der Waals surface area contributed by atoms with Gasteiger partial charge in [-0.15, -0.1) is 0 Å². The van der Waals surface area contributed by atoms with Gasteiger partial charge in [-0.05, 0) is 25.2 Å². The maximum atomic E-state index is 11.3.